The molecule has 0 saturated heterocycles. The lowest BCUT2D eigenvalue weighted by Crippen LogP contribution is -2.11. The molecule has 0 radical (unpaired) electrons. The molecule has 0 aliphatic carbocycles. The standard InChI is InChI=1S/C14H10FNO3S/c15-10-2-4-11(5-3-10)16-14(19)13-9(7-8-20-13)1-6-12(17)18/h1-8H,(H,16,19)(H,17,18). The van der Waals surface area contributed by atoms with E-state index in [4.69, 9.17) is 5.11 Å². The van der Waals surface area contributed by atoms with Crippen molar-refractivity contribution in [3.05, 3.63) is 58.0 Å². The smallest absolute Gasteiger partial charge is 0.328 e. The third-order valence-electron chi connectivity index (χ3n) is 2.41. The molecular weight excluding hydrogens is 281 g/mol. The number of rotatable bonds is 4. The van der Waals surface area contributed by atoms with Gasteiger partial charge in [-0.2, -0.15) is 0 Å². The zero-order valence-corrected chi connectivity index (χ0v) is 11.0. The van der Waals surface area contributed by atoms with Gasteiger partial charge in [0.1, 0.15) is 5.82 Å². The molecule has 0 spiro atoms. The fraction of sp³-hybridized carbons (Fsp3) is 0. The summed E-state index contributed by atoms with van der Waals surface area (Å²) in [7, 11) is 0. The van der Waals surface area contributed by atoms with Crippen LogP contribution in [-0.2, 0) is 4.79 Å². The van der Waals surface area contributed by atoms with Crippen molar-refractivity contribution in [2.75, 3.05) is 5.32 Å². The summed E-state index contributed by atoms with van der Waals surface area (Å²) in [5, 5.41) is 12.9. The predicted molar refractivity (Wildman–Crippen MR) is 75.3 cm³/mol. The van der Waals surface area contributed by atoms with E-state index in [1.807, 2.05) is 0 Å². The minimum absolute atomic E-state index is 0.364. The van der Waals surface area contributed by atoms with Crippen molar-refractivity contribution in [1.29, 1.82) is 0 Å². The van der Waals surface area contributed by atoms with Crippen LogP contribution in [0.2, 0.25) is 0 Å². The van der Waals surface area contributed by atoms with E-state index in [2.05, 4.69) is 5.32 Å². The first-order chi connectivity index (χ1) is 9.56. The van der Waals surface area contributed by atoms with Crippen molar-refractivity contribution in [3.63, 3.8) is 0 Å². The minimum Gasteiger partial charge on any atom is -0.478 e. The summed E-state index contributed by atoms with van der Waals surface area (Å²) in [6, 6.07) is 7.05. The van der Waals surface area contributed by atoms with Gasteiger partial charge in [0, 0.05) is 11.8 Å². The summed E-state index contributed by atoms with van der Waals surface area (Å²) < 4.78 is 12.8. The third-order valence-corrected chi connectivity index (χ3v) is 3.34. The van der Waals surface area contributed by atoms with Crippen molar-refractivity contribution in [2.24, 2.45) is 0 Å². The zero-order valence-electron chi connectivity index (χ0n) is 10.2. The van der Waals surface area contributed by atoms with Crippen LogP contribution in [0.4, 0.5) is 10.1 Å². The number of carbonyl (C=O) groups excluding carboxylic acids is 1. The molecule has 0 atom stereocenters. The Hall–Kier alpha value is -2.47. The van der Waals surface area contributed by atoms with Crippen LogP contribution in [0.15, 0.2) is 41.8 Å². The van der Waals surface area contributed by atoms with Gasteiger partial charge in [-0.05, 0) is 47.4 Å². The van der Waals surface area contributed by atoms with Crippen LogP contribution in [-0.4, -0.2) is 17.0 Å². The molecule has 1 heterocycles. The van der Waals surface area contributed by atoms with Gasteiger partial charge in [0.2, 0.25) is 0 Å². The van der Waals surface area contributed by atoms with E-state index in [0.717, 1.165) is 6.08 Å². The summed E-state index contributed by atoms with van der Waals surface area (Å²) >= 11 is 1.20. The Morgan fingerprint density at radius 3 is 2.55 bits per heavy atom. The van der Waals surface area contributed by atoms with Crippen LogP contribution < -0.4 is 5.32 Å². The summed E-state index contributed by atoms with van der Waals surface area (Å²) in [6.45, 7) is 0. The van der Waals surface area contributed by atoms with Crippen molar-refractivity contribution in [2.45, 2.75) is 0 Å². The van der Waals surface area contributed by atoms with Crippen molar-refractivity contribution < 1.29 is 19.1 Å². The molecular formula is C14H10FNO3S. The Morgan fingerprint density at radius 2 is 1.90 bits per heavy atom. The summed E-state index contributed by atoms with van der Waals surface area (Å²) in [5.41, 5.74) is 0.995. The molecule has 0 aliphatic heterocycles. The third kappa shape index (κ3) is 3.52. The maximum Gasteiger partial charge on any atom is 0.328 e. The Bertz CT molecular complexity index is 661. The Labute approximate surface area is 118 Å². The first-order valence-electron chi connectivity index (χ1n) is 5.61. The van der Waals surface area contributed by atoms with Crippen LogP contribution in [0.25, 0.3) is 6.08 Å². The lowest BCUT2D eigenvalue weighted by atomic mass is 10.2. The molecule has 1 amide bonds. The van der Waals surface area contributed by atoms with E-state index < -0.39 is 5.97 Å². The number of anilines is 1. The first kappa shape index (κ1) is 14.0. The Kier molecular flexibility index (Phi) is 4.27. The molecule has 4 nitrogen and oxygen atoms in total. The maximum atomic E-state index is 12.8. The second kappa shape index (κ2) is 6.12. The normalized spacial score (nSPS) is 10.7. The molecule has 0 bridgehead atoms. The maximum absolute atomic E-state index is 12.8. The molecule has 0 fully saturated rings. The van der Waals surface area contributed by atoms with Crippen LogP contribution in [0.5, 0.6) is 0 Å². The number of nitrogens with one attached hydrogen (secondary N) is 1. The molecule has 0 saturated carbocycles. The number of carboxylic acid groups (broad SMARTS) is 1. The molecule has 2 rings (SSSR count). The van der Waals surface area contributed by atoms with Gasteiger partial charge in [-0.25, -0.2) is 9.18 Å². The predicted octanol–water partition coefficient (Wildman–Crippen LogP) is 3.24. The van der Waals surface area contributed by atoms with Crippen LogP contribution in [0, 0.1) is 5.82 Å². The SMILES string of the molecule is O=C(O)C=Cc1ccsc1C(=O)Nc1ccc(F)cc1. The number of carboxylic acids is 1. The molecule has 2 N–H and O–H groups in total. The minimum atomic E-state index is -1.08. The number of benzene rings is 1. The van der Waals surface area contributed by atoms with E-state index in [1.54, 1.807) is 11.4 Å². The molecule has 102 valence electrons. The second-order valence-electron chi connectivity index (χ2n) is 3.84. The molecule has 20 heavy (non-hydrogen) atoms. The highest BCUT2D eigenvalue weighted by molar-refractivity contribution is 7.12. The highest BCUT2D eigenvalue weighted by atomic mass is 32.1. The largest absolute Gasteiger partial charge is 0.478 e. The summed E-state index contributed by atoms with van der Waals surface area (Å²) in [4.78, 5) is 22.9. The van der Waals surface area contributed by atoms with Gasteiger partial charge in [0.05, 0.1) is 4.88 Å². The fourth-order valence-corrected chi connectivity index (χ4v) is 2.30. The molecule has 1 aromatic heterocycles. The van der Waals surface area contributed by atoms with Gasteiger partial charge in [-0.1, -0.05) is 0 Å². The molecule has 0 aliphatic rings. The van der Waals surface area contributed by atoms with Gasteiger partial charge >= 0.3 is 5.97 Å². The monoisotopic (exact) mass is 291 g/mol. The second-order valence-corrected chi connectivity index (χ2v) is 4.75. The lowest BCUT2D eigenvalue weighted by molar-refractivity contribution is -0.131. The van der Waals surface area contributed by atoms with Gasteiger partial charge in [0.25, 0.3) is 5.91 Å². The van der Waals surface area contributed by atoms with Gasteiger partial charge < -0.3 is 10.4 Å². The number of aliphatic carboxylic acids is 1. The Balaban J connectivity index is 2.15. The number of carbonyl (C=O) groups is 2. The highest BCUT2D eigenvalue weighted by Gasteiger charge is 2.12. The van der Waals surface area contributed by atoms with Crippen LogP contribution in [0.1, 0.15) is 15.2 Å². The molecule has 2 aromatic rings. The van der Waals surface area contributed by atoms with E-state index in [0.29, 0.717) is 16.1 Å². The number of hydrogen-bond acceptors (Lipinski definition) is 3. The van der Waals surface area contributed by atoms with E-state index >= 15 is 0 Å². The topological polar surface area (TPSA) is 66.4 Å². The van der Waals surface area contributed by atoms with E-state index in [1.165, 1.54) is 41.7 Å². The number of amides is 1. The van der Waals surface area contributed by atoms with E-state index in [9.17, 15) is 14.0 Å². The van der Waals surface area contributed by atoms with Crippen LogP contribution >= 0.6 is 11.3 Å². The summed E-state index contributed by atoms with van der Waals surface area (Å²) in [6.07, 6.45) is 2.33. The molecule has 1 aromatic carbocycles. The highest BCUT2D eigenvalue weighted by Crippen LogP contribution is 2.20. The molecule has 6 heteroatoms. The number of hydrogen-bond donors (Lipinski definition) is 2. The van der Waals surface area contributed by atoms with Gasteiger partial charge in [-0.3, -0.25) is 4.79 Å². The summed E-state index contributed by atoms with van der Waals surface area (Å²) in [5.74, 6) is -1.83. The van der Waals surface area contributed by atoms with E-state index in [-0.39, 0.29) is 11.7 Å². The van der Waals surface area contributed by atoms with Gasteiger partial charge in [-0.15, -0.1) is 11.3 Å². The van der Waals surface area contributed by atoms with Crippen molar-refractivity contribution in [1.82, 2.24) is 0 Å². The van der Waals surface area contributed by atoms with Crippen molar-refractivity contribution >= 4 is 35.0 Å². The first-order valence-corrected chi connectivity index (χ1v) is 6.49. The average molecular weight is 291 g/mol. The van der Waals surface area contributed by atoms with Gasteiger partial charge in [0.15, 0.2) is 0 Å². The quantitative estimate of drug-likeness (QED) is 0.850. The number of halogens is 1. The zero-order chi connectivity index (χ0) is 14.5. The fourth-order valence-electron chi connectivity index (χ4n) is 1.52. The average Bonchev–Trinajstić information content (AvgIpc) is 2.87. The lowest BCUT2D eigenvalue weighted by Gasteiger charge is -2.04. The van der Waals surface area contributed by atoms with Crippen LogP contribution in [0.3, 0.4) is 0 Å². The Morgan fingerprint density at radius 1 is 1.20 bits per heavy atom. The number of thiophene rings is 1. The van der Waals surface area contributed by atoms with Crippen molar-refractivity contribution in [3.8, 4) is 0 Å². The molecule has 0 unspecified atom stereocenters.